The Morgan fingerprint density at radius 2 is 1.81 bits per heavy atom. The minimum Gasteiger partial charge on any atom is -0.390 e. The topological polar surface area (TPSA) is 125 Å². The molecule has 1 aliphatic heterocycles. The van der Waals surface area contributed by atoms with Crippen LogP contribution in [0.4, 0.5) is 4.79 Å². The van der Waals surface area contributed by atoms with Crippen LogP contribution in [0.1, 0.15) is 35.6 Å². The SMILES string of the molecule is NC(=O)[C@@H]1CCCN1C(=O)N[C@@H](Cc1ccccc1)C(=O)N[C@H]1c2ccccc2C[C@H]1O. The van der Waals surface area contributed by atoms with Gasteiger partial charge in [-0.3, -0.25) is 9.59 Å². The third-order valence-electron chi connectivity index (χ3n) is 6.24. The van der Waals surface area contributed by atoms with E-state index in [1.165, 1.54) is 4.90 Å². The average Bonchev–Trinajstić information content (AvgIpc) is 3.39. The number of nitrogens with zero attached hydrogens (tertiary/aromatic N) is 1. The second kappa shape index (κ2) is 9.40. The predicted octanol–water partition coefficient (Wildman–Crippen LogP) is 1.03. The molecule has 1 fully saturated rings. The highest BCUT2D eigenvalue weighted by molar-refractivity contribution is 5.90. The molecule has 4 amide bonds. The summed E-state index contributed by atoms with van der Waals surface area (Å²) in [5.41, 5.74) is 8.20. The van der Waals surface area contributed by atoms with Gasteiger partial charge in [-0.15, -0.1) is 0 Å². The van der Waals surface area contributed by atoms with Gasteiger partial charge in [0.05, 0.1) is 12.1 Å². The molecule has 0 saturated carbocycles. The minimum atomic E-state index is -0.876. The number of nitrogens with two attached hydrogens (primary N) is 1. The standard InChI is InChI=1S/C24H28N4O4/c25-22(30)19-11-6-12-28(19)24(32)26-18(13-15-7-2-1-3-8-15)23(31)27-21-17-10-5-4-9-16(17)14-20(21)29/h1-5,7-10,18-21,29H,6,11-14H2,(H2,25,30)(H,26,32)(H,27,31)/t18-,19-,20+,21-/m0/s1. The van der Waals surface area contributed by atoms with Gasteiger partial charge in [0.15, 0.2) is 0 Å². The van der Waals surface area contributed by atoms with Crippen molar-refractivity contribution in [3.05, 3.63) is 71.3 Å². The number of aliphatic hydroxyl groups is 1. The second-order valence-corrected chi connectivity index (χ2v) is 8.40. The number of hydrogen-bond donors (Lipinski definition) is 4. The molecule has 8 heteroatoms. The summed E-state index contributed by atoms with van der Waals surface area (Å²) in [4.78, 5) is 39.3. The number of benzene rings is 2. The fourth-order valence-corrected chi connectivity index (χ4v) is 4.60. The van der Waals surface area contributed by atoms with E-state index in [1.807, 2.05) is 54.6 Å². The summed E-state index contributed by atoms with van der Waals surface area (Å²) in [6.07, 6.45) is 1.20. The first kappa shape index (κ1) is 21.8. The summed E-state index contributed by atoms with van der Waals surface area (Å²) >= 11 is 0. The molecule has 2 aromatic carbocycles. The summed E-state index contributed by atoms with van der Waals surface area (Å²) in [7, 11) is 0. The molecule has 0 aromatic heterocycles. The van der Waals surface area contributed by atoms with E-state index >= 15 is 0 Å². The van der Waals surface area contributed by atoms with Gasteiger partial charge in [-0.25, -0.2) is 4.79 Å². The maximum absolute atomic E-state index is 13.3. The van der Waals surface area contributed by atoms with Crippen LogP contribution < -0.4 is 16.4 Å². The Morgan fingerprint density at radius 3 is 2.56 bits per heavy atom. The van der Waals surface area contributed by atoms with Gasteiger partial charge in [0.1, 0.15) is 12.1 Å². The third kappa shape index (κ3) is 4.60. The second-order valence-electron chi connectivity index (χ2n) is 8.40. The number of urea groups is 1. The molecule has 168 valence electrons. The summed E-state index contributed by atoms with van der Waals surface area (Å²) in [6, 6.07) is 14.4. The van der Waals surface area contributed by atoms with E-state index in [2.05, 4.69) is 10.6 Å². The lowest BCUT2D eigenvalue weighted by molar-refractivity contribution is -0.124. The van der Waals surface area contributed by atoms with E-state index in [-0.39, 0.29) is 6.42 Å². The fourth-order valence-electron chi connectivity index (χ4n) is 4.60. The quantitative estimate of drug-likeness (QED) is 0.540. The number of hydrogen-bond acceptors (Lipinski definition) is 4. The highest BCUT2D eigenvalue weighted by Crippen LogP contribution is 2.31. The lowest BCUT2D eigenvalue weighted by Crippen LogP contribution is -2.55. The Bertz CT molecular complexity index is 997. The molecule has 8 nitrogen and oxygen atoms in total. The minimum absolute atomic E-state index is 0.276. The van der Waals surface area contributed by atoms with Crippen molar-refractivity contribution in [3.63, 3.8) is 0 Å². The van der Waals surface area contributed by atoms with Gasteiger partial charge in [-0.05, 0) is 29.5 Å². The van der Waals surface area contributed by atoms with Crippen LogP contribution in [0.2, 0.25) is 0 Å². The van der Waals surface area contributed by atoms with E-state index < -0.39 is 42.1 Å². The van der Waals surface area contributed by atoms with Crippen molar-refractivity contribution in [3.8, 4) is 0 Å². The van der Waals surface area contributed by atoms with Crippen molar-refractivity contribution in [1.82, 2.24) is 15.5 Å². The van der Waals surface area contributed by atoms with E-state index in [1.54, 1.807) is 0 Å². The Balaban J connectivity index is 1.52. The van der Waals surface area contributed by atoms with Crippen LogP contribution in [0.15, 0.2) is 54.6 Å². The number of fused-ring (bicyclic) bond motifs is 1. The van der Waals surface area contributed by atoms with Gasteiger partial charge in [-0.1, -0.05) is 54.6 Å². The maximum atomic E-state index is 13.3. The number of aliphatic hydroxyl groups excluding tert-OH is 1. The van der Waals surface area contributed by atoms with Gasteiger partial charge in [0.2, 0.25) is 11.8 Å². The molecule has 4 rings (SSSR count). The van der Waals surface area contributed by atoms with Crippen molar-refractivity contribution in [2.75, 3.05) is 6.54 Å². The zero-order valence-corrected chi connectivity index (χ0v) is 17.7. The van der Waals surface area contributed by atoms with Crippen molar-refractivity contribution in [2.24, 2.45) is 5.73 Å². The number of likely N-dealkylation sites (tertiary alicyclic amines) is 1. The van der Waals surface area contributed by atoms with E-state index in [9.17, 15) is 19.5 Å². The zero-order chi connectivity index (χ0) is 22.7. The predicted molar refractivity (Wildman–Crippen MR) is 118 cm³/mol. The van der Waals surface area contributed by atoms with Crippen LogP contribution in [0, 0.1) is 0 Å². The number of carbonyl (C=O) groups excluding carboxylic acids is 3. The lowest BCUT2D eigenvalue weighted by Gasteiger charge is -2.27. The Hall–Kier alpha value is -3.39. The number of carbonyl (C=O) groups is 3. The Morgan fingerprint density at radius 1 is 1.09 bits per heavy atom. The molecule has 1 heterocycles. The summed E-state index contributed by atoms with van der Waals surface area (Å²) < 4.78 is 0. The molecule has 5 N–H and O–H groups in total. The molecular formula is C24H28N4O4. The molecule has 1 aliphatic carbocycles. The molecular weight excluding hydrogens is 408 g/mol. The number of primary amides is 1. The fraction of sp³-hybridized carbons (Fsp3) is 0.375. The van der Waals surface area contributed by atoms with Gasteiger partial charge in [0, 0.05) is 19.4 Å². The van der Waals surface area contributed by atoms with Gasteiger partial charge < -0.3 is 26.4 Å². The molecule has 0 unspecified atom stereocenters. The van der Waals surface area contributed by atoms with Crippen molar-refractivity contribution in [1.29, 1.82) is 0 Å². The van der Waals surface area contributed by atoms with Crippen molar-refractivity contribution < 1.29 is 19.5 Å². The number of nitrogens with one attached hydrogen (secondary N) is 2. The molecule has 0 bridgehead atoms. The Labute approximate surface area is 186 Å². The van der Waals surface area contributed by atoms with Crippen molar-refractivity contribution in [2.45, 2.75) is 49.9 Å². The first-order valence-corrected chi connectivity index (χ1v) is 10.9. The monoisotopic (exact) mass is 436 g/mol. The molecule has 32 heavy (non-hydrogen) atoms. The molecule has 0 radical (unpaired) electrons. The van der Waals surface area contributed by atoms with E-state index in [0.717, 1.165) is 16.7 Å². The van der Waals surface area contributed by atoms with Crippen LogP contribution >= 0.6 is 0 Å². The van der Waals surface area contributed by atoms with Gasteiger partial charge in [0.25, 0.3) is 0 Å². The average molecular weight is 437 g/mol. The smallest absolute Gasteiger partial charge is 0.318 e. The molecule has 2 aromatic rings. The first-order chi connectivity index (χ1) is 15.4. The van der Waals surface area contributed by atoms with Gasteiger partial charge in [-0.2, -0.15) is 0 Å². The van der Waals surface area contributed by atoms with Crippen LogP contribution in [0.3, 0.4) is 0 Å². The Kier molecular flexibility index (Phi) is 6.41. The van der Waals surface area contributed by atoms with Crippen LogP contribution in [0.25, 0.3) is 0 Å². The molecule has 4 atom stereocenters. The summed E-state index contributed by atoms with van der Waals surface area (Å²) in [6.45, 7) is 0.411. The molecule has 1 saturated heterocycles. The van der Waals surface area contributed by atoms with Crippen LogP contribution in [-0.2, 0) is 22.4 Å². The lowest BCUT2D eigenvalue weighted by atomic mass is 10.0. The number of rotatable bonds is 6. The van der Waals surface area contributed by atoms with E-state index in [4.69, 9.17) is 5.73 Å². The zero-order valence-electron chi connectivity index (χ0n) is 17.7. The number of amides is 4. The summed E-state index contributed by atoms with van der Waals surface area (Å²) in [5.74, 6) is -0.940. The van der Waals surface area contributed by atoms with Gasteiger partial charge >= 0.3 is 6.03 Å². The largest absolute Gasteiger partial charge is 0.390 e. The summed E-state index contributed by atoms with van der Waals surface area (Å²) in [5, 5.41) is 16.2. The third-order valence-corrected chi connectivity index (χ3v) is 6.24. The van der Waals surface area contributed by atoms with Crippen molar-refractivity contribution >= 4 is 17.8 Å². The van der Waals surface area contributed by atoms with Crippen LogP contribution in [0.5, 0.6) is 0 Å². The molecule has 0 spiro atoms. The van der Waals surface area contributed by atoms with E-state index in [0.29, 0.717) is 25.8 Å². The maximum Gasteiger partial charge on any atom is 0.318 e. The highest BCUT2D eigenvalue weighted by Gasteiger charge is 2.37. The molecule has 2 aliphatic rings. The van der Waals surface area contributed by atoms with Crippen LogP contribution in [-0.4, -0.2) is 52.6 Å². The highest BCUT2D eigenvalue weighted by atomic mass is 16.3. The normalized spacial score (nSPS) is 22.8. The first-order valence-electron chi connectivity index (χ1n) is 10.9.